The molecule has 1 aromatic rings. The van der Waals surface area contributed by atoms with Crippen LogP contribution in [0.5, 0.6) is 5.75 Å². The summed E-state index contributed by atoms with van der Waals surface area (Å²) in [6.07, 6.45) is 0.574. The minimum atomic E-state index is -1.27. The van der Waals surface area contributed by atoms with Gasteiger partial charge in [0.15, 0.2) is 0 Å². The van der Waals surface area contributed by atoms with Crippen LogP contribution in [0.2, 0.25) is 0 Å². The highest BCUT2D eigenvalue weighted by Gasteiger charge is 2.21. The molecule has 6 heteroatoms. The molecule has 0 aliphatic heterocycles. The molecule has 20 heavy (non-hydrogen) atoms. The zero-order valence-corrected chi connectivity index (χ0v) is 11.2. The number of methoxy groups -OCH3 is 1. The number of hydrogen-bond acceptors (Lipinski definition) is 4. The minimum absolute atomic E-state index is 0.209. The first kappa shape index (κ1) is 15.6. The lowest BCUT2D eigenvalue weighted by Gasteiger charge is -2.14. The van der Waals surface area contributed by atoms with Crippen LogP contribution in [-0.4, -0.2) is 36.9 Å². The van der Waals surface area contributed by atoms with Gasteiger partial charge in [0.1, 0.15) is 18.4 Å². The fraction of sp³-hybridized carbons (Fsp3) is 0.286. The highest BCUT2D eigenvalue weighted by Crippen LogP contribution is 2.14. The molecule has 0 spiro atoms. The number of ether oxygens (including phenoxy) is 2. The Morgan fingerprint density at radius 1 is 1.40 bits per heavy atom. The number of carbonyl (C=O) groups is 2. The maximum absolute atomic E-state index is 11.5. The summed E-state index contributed by atoms with van der Waals surface area (Å²) in [6, 6.07) is 6.08. The number of rotatable bonds is 7. The lowest BCUT2D eigenvalue weighted by molar-refractivity contribution is -0.142. The second kappa shape index (κ2) is 7.83. The van der Waals surface area contributed by atoms with Crippen molar-refractivity contribution in [3.8, 4) is 5.75 Å². The van der Waals surface area contributed by atoms with E-state index in [0.29, 0.717) is 12.4 Å². The Labute approximate surface area is 117 Å². The number of benzene rings is 1. The van der Waals surface area contributed by atoms with Crippen LogP contribution in [0.1, 0.15) is 5.56 Å². The number of carboxylic acid groups (broad SMARTS) is 1. The molecule has 6 nitrogen and oxygen atoms in total. The summed E-state index contributed by atoms with van der Waals surface area (Å²) < 4.78 is 9.89. The molecule has 108 valence electrons. The van der Waals surface area contributed by atoms with Gasteiger partial charge in [-0.2, -0.15) is 0 Å². The molecular weight excluding hydrogens is 262 g/mol. The van der Waals surface area contributed by atoms with Gasteiger partial charge in [-0.3, -0.25) is 0 Å². The second-order valence-electron chi connectivity index (χ2n) is 3.97. The quantitative estimate of drug-likeness (QED) is 0.585. The van der Waals surface area contributed by atoms with Crippen LogP contribution >= 0.6 is 0 Å². The normalized spacial score (nSPS) is 11.2. The fourth-order valence-electron chi connectivity index (χ4n) is 1.60. The molecule has 0 fully saturated rings. The topological polar surface area (TPSA) is 84.9 Å². The summed E-state index contributed by atoms with van der Waals surface area (Å²) >= 11 is 0. The van der Waals surface area contributed by atoms with E-state index in [4.69, 9.17) is 9.84 Å². The minimum Gasteiger partial charge on any atom is -0.490 e. The van der Waals surface area contributed by atoms with E-state index in [1.54, 1.807) is 30.3 Å². The Morgan fingerprint density at radius 3 is 2.55 bits per heavy atom. The third kappa shape index (κ3) is 5.01. The number of carbonyl (C=O) groups excluding carboxylic acids is 1. The Morgan fingerprint density at radius 2 is 2.05 bits per heavy atom. The molecule has 0 saturated carbocycles. The molecule has 0 radical (unpaired) electrons. The summed E-state index contributed by atoms with van der Waals surface area (Å²) in [6.45, 7) is 3.96. The van der Waals surface area contributed by atoms with Crippen molar-refractivity contribution in [2.75, 3.05) is 13.7 Å². The van der Waals surface area contributed by atoms with Crippen LogP contribution < -0.4 is 10.1 Å². The lowest BCUT2D eigenvalue weighted by atomic mass is 10.1. The third-order valence-corrected chi connectivity index (χ3v) is 2.51. The van der Waals surface area contributed by atoms with Crippen molar-refractivity contribution in [3.63, 3.8) is 0 Å². The highest BCUT2D eigenvalue weighted by atomic mass is 16.5. The molecule has 1 unspecified atom stereocenters. The molecule has 0 aromatic heterocycles. The first-order valence-corrected chi connectivity index (χ1v) is 5.96. The van der Waals surface area contributed by atoms with Gasteiger partial charge in [-0.25, -0.2) is 9.59 Å². The SMILES string of the molecule is C=CCOc1ccc(CC(NC(=O)O)C(=O)OC)cc1. The highest BCUT2D eigenvalue weighted by molar-refractivity contribution is 5.80. The van der Waals surface area contributed by atoms with Crippen LogP contribution in [0.3, 0.4) is 0 Å². The van der Waals surface area contributed by atoms with Gasteiger partial charge in [-0.05, 0) is 17.7 Å². The van der Waals surface area contributed by atoms with Crippen molar-refractivity contribution in [2.24, 2.45) is 0 Å². The molecule has 2 N–H and O–H groups in total. The van der Waals surface area contributed by atoms with Crippen molar-refractivity contribution in [2.45, 2.75) is 12.5 Å². The third-order valence-electron chi connectivity index (χ3n) is 2.51. The van der Waals surface area contributed by atoms with Gasteiger partial charge in [0.2, 0.25) is 0 Å². The van der Waals surface area contributed by atoms with E-state index < -0.39 is 18.1 Å². The molecule has 0 saturated heterocycles. The zero-order chi connectivity index (χ0) is 15.0. The van der Waals surface area contributed by atoms with Crippen molar-refractivity contribution in [1.82, 2.24) is 5.32 Å². The average Bonchev–Trinajstić information content (AvgIpc) is 2.44. The molecule has 0 aliphatic carbocycles. The van der Waals surface area contributed by atoms with Crippen molar-refractivity contribution < 1.29 is 24.2 Å². The Balaban J connectivity index is 2.70. The van der Waals surface area contributed by atoms with Crippen LogP contribution in [0.15, 0.2) is 36.9 Å². The van der Waals surface area contributed by atoms with Gasteiger partial charge >= 0.3 is 12.1 Å². The molecular formula is C14H17NO5. The van der Waals surface area contributed by atoms with Crippen LogP contribution in [-0.2, 0) is 16.0 Å². The fourth-order valence-corrected chi connectivity index (χ4v) is 1.60. The second-order valence-corrected chi connectivity index (χ2v) is 3.97. The van der Waals surface area contributed by atoms with Gasteiger partial charge in [0.05, 0.1) is 7.11 Å². The summed E-state index contributed by atoms with van der Waals surface area (Å²) in [4.78, 5) is 22.1. The van der Waals surface area contributed by atoms with Crippen molar-refractivity contribution in [1.29, 1.82) is 0 Å². The van der Waals surface area contributed by atoms with Gasteiger partial charge in [-0.1, -0.05) is 24.8 Å². The van der Waals surface area contributed by atoms with Crippen LogP contribution in [0.4, 0.5) is 4.79 Å². The van der Waals surface area contributed by atoms with E-state index in [9.17, 15) is 9.59 Å². The van der Waals surface area contributed by atoms with Crippen molar-refractivity contribution in [3.05, 3.63) is 42.5 Å². The van der Waals surface area contributed by atoms with Gasteiger partial charge < -0.3 is 19.9 Å². The van der Waals surface area contributed by atoms with Crippen LogP contribution in [0.25, 0.3) is 0 Å². The molecule has 1 rings (SSSR count). The maximum Gasteiger partial charge on any atom is 0.405 e. The first-order chi connectivity index (χ1) is 9.56. The van der Waals surface area contributed by atoms with E-state index >= 15 is 0 Å². The van der Waals surface area contributed by atoms with Crippen molar-refractivity contribution >= 4 is 12.1 Å². The van der Waals surface area contributed by atoms with E-state index in [2.05, 4.69) is 16.6 Å². The van der Waals surface area contributed by atoms with Crippen LogP contribution in [0, 0.1) is 0 Å². The maximum atomic E-state index is 11.5. The predicted octanol–water partition coefficient (Wildman–Crippen LogP) is 1.60. The molecule has 1 amide bonds. The lowest BCUT2D eigenvalue weighted by Crippen LogP contribution is -2.42. The van der Waals surface area contributed by atoms with E-state index in [-0.39, 0.29) is 6.42 Å². The molecule has 0 heterocycles. The standard InChI is InChI=1S/C14H17NO5/c1-3-8-20-11-6-4-10(5-7-11)9-12(13(16)19-2)15-14(17)18/h3-7,12,15H,1,8-9H2,2H3,(H,17,18). The van der Waals surface area contributed by atoms with Gasteiger partial charge in [0, 0.05) is 6.42 Å². The monoisotopic (exact) mass is 279 g/mol. The van der Waals surface area contributed by atoms with E-state index in [1.807, 2.05) is 0 Å². The number of nitrogens with one attached hydrogen (secondary N) is 1. The summed E-state index contributed by atoms with van der Waals surface area (Å²) in [5.41, 5.74) is 0.792. The van der Waals surface area contributed by atoms with Gasteiger partial charge in [-0.15, -0.1) is 0 Å². The molecule has 1 atom stereocenters. The average molecular weight is 279 g/mol. The van der Waals surface area contributed by atoms with Gasteiger partial charge in [0.25, 0.3) is 0 Å². The predicted molar refractivity (Wildman–Crippen MR) is 72.8 cm³/mol. The first-order valence-electron chi connectivity index (χ1n) is 5.96. The number of amides is 1. The Kier molecular flexibility index (Phi) is 6.09. The Bertz CT molecular complexity index is 469. The molecule has 1 aromatic carbocycles. The number of esters is 1. The largest absolute Gasteiger partial charge is 0.490 e. The summed E-state index contributed by atoms with van der Waals surface area (Å²) in [5.74, 6) is 0.0499. The van der Waals surface area contributed by atoms with E-state index in [1.165, 1.54) is 7.11 Å². The summed E-state index contributed by atoms with van der Waals surface area (Å²) in [7, 11) is 1.21. The molecule has 0 aliphatic rings. The Hall–Kier alpha value is -2.50. The zero-order valence-electron chi connectivity index (χ0n) is 11.2. The smallest absolute Gasteiger partial charge is 0.405 e. The molecule has 0 bridgehead atoms. The van der Waals surface area contributed by atoms with E-state index in [0.717, 1.165) is 5.56 Å². The number of hydrogen-bond donors (Lipinski definition) is 2. The summed E-state index contributed by atoms with van der Waals surface area (Å²) in [5, 5.41) is 10.8.